The van der Waals surface area contributed by atoms with Gasteiger partial charge in [0.25, 0.3) is 0 Å². The maximum atomic E-state index is 13.3. The van der Waals surface area contributed by atoms with Crippen LogP contribution in [0.1, 0.15) is 65.4 Å². The van der Waals surface area contributed by atoms with Crippen LogP contribution in [0.25, 0.3) is 11.3 Å². The molecule has 0 saturated carbocycles. The first-order valence-corrected chi connectivity index (χ1v) is 12.3. The van der Waals surface area contributed by atoms with Gasteiger partial charge in [-0.15, -0.1) is 0 Å². The SMILES string of the molecule is CCCN(C(=O)OCC(C)C)[C@@H](c1nc(-c2ccccc2)cn1Cc1ccccc1)C(C)(C)C. The molecule has 0 aliphatic rings. The van der Waals surface area contributed by atoms with Crippen molar-refractivity contribution in [2.24, 2.45) is 11.3 Å². The summed E-state index contributed by atoms with van der Waals surface area (Å²) in [6, 6.07) is 20.4. The molecule has 0 N–H and O–H groups in total. The van der Waals surface area contributed by atoms with Crippen LogP contribution in [0, 0.1) is 11.3 Å². The molecule has 1 amide bonds. The molecule has 0 aliphatic heterocycles. The van der Waals surface area contributed by atoms with Gasteiger partial charge in [-0.3, -0.25) is 4.90 Å². The zero-order valence-corrected chi connectivity index (χ0v) is 21.5. The van der Waals surface area contributed by atoms with Crippen molar-refractivity contribution in [1.29, 1.82) is 0 Å². The fraction of sp³-hybridized carbons (Fsp3) is 0.448. The van der Waals surface area contributed by atoms with Crippen LogP contribution in [-0.2, 0) is 11.3 Å². The second kappa shape index (κ2) is 11.4. The largest absolute Gasteiger partial charge is 0.449 e. The highest BCUT2D eigenvalue weighted by Gasteiger charge is 2.38. The van der Waals surface area contributed by atoms with Crippen molar-refractivity contribution in [2.45, 2.75) is 60.5 Å². The van der Waals surface area contributed by atoms with Gasteiger partial charge in [-0.25, -0.2) is 9.78 Å². The van der Waals surface area contributed by atoms with Crippen molar-refractivity contribution in [3.05, 3.63) is 78.2 Å². The Hall–Kier alpha value is -3.08. The fourth-order valence-electron chi connectivity index (χ4n) is 4.18. The van der Waals surface area contributed by atoms with Gasteiger partial charge >= 0.3 is 6.09 Å². The van der Waals surface area contributed by atoms with Crippen molar-refractivity contribution in [2.75, 3.05) is 13.2 Å². The van der Waals surface area contributed by atoms with E-state index in [1.807, 2.05) is 29.2 Å². The minimum absolute atomic E-state index is 0.242. The average molecular weight is 462 g/mol. The van der Waals surface area contributed by atoms with E-state index in [0.717, 1.165) is 23.5 Å². The van der Waals surface area contributed by atoms with Crippen LogP contribution in [0.3, 0.4) is 0 Å². The highest BCUT2D eigenvalue weighted by molar-refractivity contribution is 5.68. The van der Waals surface area contributed by atoms with Gasteiger partial charge in [0.05, 0.1) is 18.3 Å². The van der Waals surface area contributed by atoms with Gasteiger partial charge in [0.2, 0.25) is 0 Å². The Labute approximate surface area is 204 Å². The summed E-state index contributed by atoms with van der Waals surface area (Å²) in [5, 5.41) is 0. The predicted octanol–water partition coefficient (Wildman–Crippen LogP) is 7.19. The molecule has 0 fully saturated rings. The number of imidazole rings is 1. The number of ether oxygens (including phenoxy) is 1. The highest BCUT2D eigenvalue weighted by Crippen LogP contribution is 2.39. The minimum atomic E-state index is -0.272. The molecule has 0 unspecified atom stereocenters. The Bertz CT molecular complexity index is 1040. The third-order valence-electron chi connectivity index (χ3n) is 5.69. The van der Waals surface area contributed by atoms with Crippen LogP contribution in [0.15, 0.2) is 66.9 Å². The van der Waals surface area contributed by atoms with Crippen LogP contribution in [-0.4, -0.2) is 33.7 Å². The third kappa shape index (κ3) is 6.49. The highest BCUT2D eigenvalue weighted by atomic mass is 16.6. The summed E-state index contributed by atoms with van der Waals surface area (Å²) in [6.45, 7) is 14.4. The summed E-state index contributed by atoms with van der Waals surface area (Å²) in [6.07, 6.45) is 2.68. The van der Waals surface area contributed by atoms with Gasteiger partial charge in [-0.2, -0.15) is 0 Å². The Morgan fingerprint density at radius 1 is 1.03 bits per heavy atom. The third-order valence-corrected chi connectivity index (χ3v) is 5.69. The number of nitrogens with zero attached hydrogens (tertiary/aromatic N) is 3. The lowest BCUT2D eigenvalue weighted by Crippen LogP contribution is -2.43. The summed E-state index contributed by atoms with van der Waals surface area (Å²) in [4.78, 5) is 20.3. The van der Waals surface area contributed by atoms with Gasteiger partial charge in [-0.1, -0.05) is 102 Å². The first-order valence-electron chi connectivity index (χ1n) is 12.3. The van der Waals surface area contributed by atoms with E-state index in [9.17, 15) is 4.79 Å². The molecule has 5 nitrogen and oxygen atoms in total. The maximum absolute atomic E-state index is 13.3. The molecule has 3 rings (SSSR count). The number of hydrogen-bond donors (Lipinski definition) is 0. The summed E-state index contributed by atoms with van der Waals surface area (Å²) >= 11 is 0. The number of carbonyl (C=O) groups is 1. The van der Waals surface area contributed by atoms with Gasteiger partial charge in [0.1, 0.15) is 5.82 Å². The summed E-state index contributed by atoms with van der Waals surface area (Å²) < 4.78 is 7.92. The molecular formula is C29H39N3O2. The van der Waals surface area contributed by atoms with Crippen LogP contribution in [0.4, 0.5) is 4.79 Å². The maximum Gasteiger partial charge on any atom is 0.410 e. The van der Waals surface area contributed by atoms with E-state index < -0.39 is 0 Å². The summed E-state index contributed by atoms with van der Waals surface area (Å²) in [7, 11) is 0. The van der Waals surface area contributed by atoms with Crippen molar-refractivity contribution in [3.63, 3.8) is 0 Å². The predicted molar refractivity (Wildman–Crippen MR) is 139 cm³/mol. The monoisotopic (exact) mass is 461 g/mol. The lowest BCUT2D eigenvalue weighted by atomic mass is 9.84. The zero-order chi connectivity index (χ0) is 24.7. The number of rotatable bonds is 9. The van der Waals surface area contributed by atoms with E-state index in [-0.39, 0.29) is 23.5 Å². The van der Waals surface area contributed by atoms with Crippen LogP contribution in [0.2, 0.25) is 0 Å². The standard InChI is InChI=1S/C29H39N3O2/c1-7-18-32(28(33)34-21-22(2)3)26(29(4,5)6)27-30-25(24-16-12-9-13-17-24)20-31(27)19-23-14-10-8-11-15-23/h8-17,20,22,26H,7,18-19,21H2,1-6H3/t26-/m0/s1. The van der Waals surface area contributed by atoms with Crippen LogP contribution in [0.5, 0.6) is 0 Å². The molecule has 0 bridgehead atoms. The molecule has 0 radical (unpaired) electrons. The van der Waals surface area contributed by atoms with E-state index >= 15 is 0 Å². The Morgan fingerprint density at radius 3 is 2.21 bits per heavy atom. The van der Waals surface area contributed by atoms with Crippen LogP contribution >= 0.6 is 0 Å². The smallest absolute Gasteiger partial charge is 0.410 e. The molecule has 0 saturated heterocycles. The first kappa shape index (κ1) is 25.5. The number of aromatic nitrogens is 2. The van der Waals surface area contributed by atoms with Gasteiger partial charge in [0, 0.05) is 24.8 Å². The van der Waals surface area contributed by atoms with Gasteiger partial charge < -0.3 is 9.30 Å². The molecule has 182 valence electrons. The number of hydrogen-bond acceptors (Lipinski definition) is 3. The Kier molecular flexibility index (Phi) is 8.54. The second-order valence-corrected chi connectivity index (χ2v) is 10.4. The van der Waals surface area contributed by atoms with E-state index in [2.05, 4.69) is 88.7 Å². The molecule has 0 spiro atoms. The number of benzene rings is 2. The summed E-state index contributed by atoms with van der Waals surface area (Å²) in [5.74, 6) is 1.16. The van der Waals surface area contributed by atoms with E-state index in [1.165, 1.54) is 5.56 Å². The van der Waals surface area contributed by atoms with Gasteiger partial charge in [-0.05, 0) is 23.3 Å². The molecule has 3 aromatic rings. The Morgan fingerprint density at radius 2 is 1.65 bits per heavy atom. The lowest BCUT2D eigenvalue weighted by molar-refractivity contribution is 0.0454. The second-order valence-electron chi connectivity index (χ2n) is 10.4. The Balaban J connectivity index is 2.11. The van der Waals surface area contributed by atoms with E-state index in [1.54, 1.807) is 0 Å². The van der Waals surface area contributed by atoms with Crippen molar-refractivity contribution in [3.8, 4) is 11.3 Å². The van der Waals surface area contributed by atoms with E-state index in [0.29, 0.717) is 19.7 Å². The zero-order valence-electron chi connectivity index (χ0n) is 21.5. The summed E-state index contributed by atoms with van der Waals surface area (Å²) in [5.41, 5.74) is 2.91. The quantitative estimate of drug-likeness (QED) is 0.339. The van der Waals surface area contributed by atoms with Crippen molar-refractivity contribution >= 4 is 6.09 Å². The number of amides is 1. The molecule has 0 aliphatic carbocycles. The van der Waals surface area contributed by atoms with Crippen molar-refractivity contribution in [1.82, 2.24) is 14.5 Å². The lowest BCUT2D eigenvalue weighted by Gasteiger charge is -2.39. The van der Waals surface area contributed by atoms with Gasteiger partial charge in [0.15, 0.2) is 0 Å². The first-order chi connectivity index (χ1) is 16.2. The topological polar surface area (TPSA) is 47.4 Å². The molecule has 1 aromatic heterocycles. The number of carbonyl (C=O) groups excluding carboxylic acids is 1. The van der Waals surface area contributed by atoms with E-state index in [4.69, 9.17) is 9.72 Å². The average Bonchev–Trinajstić information content (AvgIpc) is 3.20. The molecule has 34 heavy (non-hydrogen) atoms. The molecule has 1 heterocycles. The normalized spacial score (nSPS) is 12.6. The molecule has 5 heteroatoms. The molecular weight excluding hydrogens is 422 g/mol. The van der Waals surface area contributed by atoms with Crippen LogP contribution < -0.4 is 0 Å². The molecule has 1 atom stereocenters. The van der Waals surface area contributed by atoms with Crippen molar-refractivity contribution < 1.29 is 9.53 Å². The minimum Gasteiger partial charge on any atom is -0.449 e. The molecule has 2 aromatic carbocycles. The fourth-order valence-corrected chi connectivity index (χ4v) is 4.18.